The number of benzene rings is 2. The van der Waals surface area contributed by atoms with Crippen molar-refractivity contribution in [3.8, 4) is 0 Å². The van der Waals surface area contributed by atoms with E-state index in [1.165, 1.54) is 0 Å². The number of aryl methyl sites for hydroxylation is 1. The molecule has 1 aliphatic rings. The van der Waals surface area contributed by atoms with Gasteiger partial charge < -0.3 is 9.32 Å². The number of para-hydroxylation sites is 2. The first-order chi connectivity index (χ1) is 13.5. The summed E-state index contributed by atoms with van der Waals surface area (Å²) in [6, 6.07) is 16.0. The van der Waals surface area contributed by atoms with Gasteiger partial charge in [-0.2, -0.15) is 4.98 Å². The largest absolute Gasteiger partial charge is 0.423 e. The molecule has 1 aliphatic heterocycles. The van der Waals surface area contributed by atoms with E-state index in [0.717, 1.165) is 48.2 Å². The highest BCUT2D eigenvalue weighted by Crippen LogP contribution is 2.26. The van der Waals surface area contributed by atoms with Crippen molar-refractivity contribution in [1.29, 1.82) is 0 Å². The summed E-state index contributed by atoms with van der Waals surface area (Å²) in [7, 11) is -3.33. The average molecular weight is 400 g/mol. The highest BCUT2D eigenvalue weighted by Gasteiger charge is 2.24. The van der Waals surface area contributed by atoms with E-state index in [4.69, 9.17) is 4.42 Å². The Morgan fingerprint density at radius 2 is 1.93 bits per heavy atom. The topological polar surface area (TPSA) is 75.4 Å². The summed E-state index contributed by atoms with van der Waals surface area (Å²) in [5.74, 6) is 0.351. The molecule has 1 N–H and O–H groups in total. The number of nitrogens with one attached hydrogen (secondary N) is 1. The van der Waals surface area contributed by atoms with Crippen LogP contribution in [0.15, 0.2) is 52.9 Å². The van der Waals surface area contributed by atoms with Gasteiger partial charge in [-0.25, -0.2) is 13.1 Å². The number of sulfonamides is 1. The molecule has 0 spiro atoms. The van der Waals surface area contributed by atoms with Crippen molar-refractivity contribution in [2.24, 2.45) is 5.92 Å². The Hall–Kier alpha value is -2.38. The molecule has 3 aromatic rings. The fraction of sp³-hybridized carbons (Fsp3) is 0.381. The molecule has 0 amide bonds. The van der Waals surface area contributed by atoms with E-state index in [9.17, 15) is 8.42 Å². The molecule has 0 bridgehead atoms. The Balaban J connectivity index is 1.29. The lowest BCUT2D eigenvalue weighted by Crippen LogP contribution is -2.39. The van der Waals surface area contributed by atoms with Crippen LogP contribution in [0.4, 0.5) is 6.01 Å². The second-order valence-electron chi connectivity index (χ2n) is 7.49. The molecule has 4 rings (SSSR count). The van der Waals surface area contributed by atoms with Crippen molar-refractivity contribution < 1.29 is 12.8 Å². The van der Waals surface area contributed by atoms with E-state index in [0.29, 0.717) is 18.5 Å². The number of oxazole rings is 1. The highest BCUT2D eigenvalue weighted by atomic mass is 32.2. The number of fused-ring (bicyclic) bond motifs is 1. The Kier molecular flexibility index (Phi) is 5.37. The van der Waals surface area contributed by atoms with E-state index in [2.05, 4.69) is 14.6 Å². The first-order valence-corrected chi connectivity index (χ1v) is 11.3. The third kappa shape index (κ3) is 4.54. The standard InChI is InChI=1S/C21H25N3O3S/c1-16-5-4-6-18(13-16)15-28(25,26)22-14-17-9-11-24(12-10-17)21-23-19-7-2-3-8-20(19)27-21/h2-8,13,17,22H,9-12,14-15H2,1H3. The monoisotopic (exact) mass is 399 g/mol. The van der Waals surface area contributed by atoms with Crippen molar-refractivity contribution >= 4 is 27.1 Å². The quantitative estimate of drug-likeness (QED) is 0.687. The second-order valence-corrected chi connectivity index (χ2v) is 9.30. The molecular weight excluding hydrogens is 374 g/mol. The Morgan fingerprint density at radius 1 is 1.14 bits per heavy atom. The zero-order valence-electron chi connectivity index (χ0n) is 16.0. The number of nitrogens with zero attached hydrogens (tertiary/aromatic N) is 2. The molecule has 1 saturated heterocycles. The van der Waals surface area contributed by atoms with Crippen molar-refractivity contribution in [2.45, 2.75) is 25.5 Å². The number of aromatic nitrogens is 1. The van der Waals surface area contributed by atoms with Crippen LogP contribution in [0.25, 0.3) is 11.1 Å². The predicted octanol–water partition coefficient (Wildman–Crippen LogP) is 3.47. The molecule has 7 heteroatoms. The van der Waals surface area contributed by atoms with Crippen molar-refractivity contribution in [1.82, 2.24) is 9.71 Å². The van der Waals surface area contributed by atoms with Crippen LogP contribution < -0.4 is 9.62 Å². The summed E-state index contributed by atoms with van der Waals surface area (Å²) < 4.78 is 33.4. The smallest absolute Gasteiger partial charge is 0.298 e. The summed E-state index contributed by atoms with van der Waals surface area (Å²) in [6.45, 7) is 4.08. The van der Waals surface area contributed by atoms with E-state index in [1.807, 2.05) is 55.5 Å². The fourth-order valence-corrected chi connectivity index (χ4v) is 4.85. The van der Waals surface area contributed by atoms with Crippen LogP contribution in [0.3, 0.4) is 0 Å². The zero-order valence-corrected chi connectivity index (χ0v) is 16.8. The lowest BCUT2D eigenvalue weighted by Gasteiger charge is -2.30. The van der Waals surface area contributed by atoms with E-state index in [-0.39, 0.29) is 5.75 Å². The molecule has 2 aromatic carbocycles. The van der Waals surface area contributed by atoms with Crippen LogP contribution in [-0.2, 0) is 15.8 Å². The highest BCUT2D eigenvalue weighted by molar-refractivity contribution is 7.88. The SMILES string of the molecule is Cc1cccc(CS(=O)(=O)NCC2CCN(c3nc4ccccc4o3)CC2)c1. The van der Waals surface area contributed by atoms with Crippen LogP contribution in [0.1, 0.15) is 24.0 Å². The molecule has 2 heterocycles. The van der Waals surface area contributed by atoms with Gasteiger partial charge in [0.2, 0.25) is 10.0 Å². The van der Waals surface area contributed by atoms with E-state index in [1.54, 1.807) is 0 Å². The Morgan fingerprint density at radius 3 is 2.68 bits per heavy atom. The van der Waals surface area contributed by atoms with Crippen molar-refractivity contribution in [3.05, 3.63) is 59.7 Å². The van der Waals surface area contributed by atoms with E-state index >= 15 is 0 Å². The van der Waals surface area contributed by atoms with Gasteiger partial charge in [-0.05, 0) is 43.4 Å². The number of anilines is 1. The summed E-state index contributed by atoms with van der Waals surface area (Å²) in [5.41, 5.74) is 3.55. The number of hydrogen-bond acceptors (Lipinski definition) is 5. The van der Waals surface area contributed by atoms with Gasteiger partial charge in [0.15, 0.2) is 5.58 Å². The zero-order chi connectivity index (χ0) is 19.6. The molecule has 1 fully saturated rings. The maximum atomic E-state index is 12.4. The van der Waals surface area contributed by atoms with Crippen molar-refractivity contribution in [3.63, 3.8) is 0 Å². The lowest BCUT2D eigenvalue weighted by atomic mass is 9.97. The molecule has 0 unspecified atom stereocenters. The molecule has 1 aromatic heterocycles. The summed E-state index contributed by atoms with van der Waals surface area (Å²) in [5, 5.41) is 0. The average Bonchev–Trinajstić information content (AvgIpc) is 3.11. The minimum Gasteiger partial charge on any atom is -0.423 e. The van der Waals surface area contributed by atoms with Crippen LogP contribution in [0, 0.1) is 12.8 Å². The maximum absolute atomic E-state index is 12.4. The number of hydrogen-bond donors (Lipinski definition) is 1. The van der Waals surface area contributed by atoms with Gasteiger partial charge in [-0.3, -0.25) is 0 Å². The molecule has 0 saturated carbocycles. The number of piperidine rings is 1. The third-order valence-corrected chi connectivity index (χ3v) is 6.52. The second kappa shape index (κ2) is 7.93. The summed E-state index contributed by atoms with van der Waals surface area (Å²) in [6.07, 6.45) is 1.82. The summed E-state index contributed by atoms with van der Waals surface area (Å²) >= 11 is 0. The molecule has 0 radical (unpaired) electrons. The van der Waals surface area contributed by atoms with Gasteiger partial charge in [0.25, 0.3) is 6.01 Å². The fourth-order valence-electron chi connectivity index (χ4n) is 3.64. The maximum Gasteiger partial charge on any atom is 0.298 e. The first-order valence-electron chi connectivity index (χ1n) is 9.62. The minimum absolute atomic E-state index is 0.0242. The molecule has 28 heavy (non-hydrogen) atoms. The van der Waals surface area contributed by atoms with Gasteiger partial charge in [-0.1, -0.05) is 42.0 Å². The Bertz CT molecular complexity index is 1020. The lowest BCUT2D eigenvalue weighted by molar-refractivity contribution is 0.387. The van der Waals surface area contributed by atoms with E-state index < -0.39 is 10.0 Å². The molecule has 0 aliphatic carbocycles. The molecular formula is C21H25N3O3S. The van der Waals surface area contributed by atoms with Crippen LogP contribution in [0.2, 0.25) is 0 Å². The van der Waals surface area contributed by atoms with Gasteiger partial charge >= 0.3 is 0 Å². The molecule has 0 atom stereocenters. The van der Waals surface area contributed by atoms with Crippen LogP contribution in [-0.4, -0.2) is 33.0 Å². The number of rotatable bonds is 6. The third-order valence-electron chi connectivity index (χ3n) is 5.20. The van der Waals surface area contributed by atoms with Crippen LogP contribution >= 0.6 is 0 Å². The van der Waals surface area contributed by atoms with Gasteiger partial charge in [0.1, 0.15) is 5.52 Å². The normalized spacial score (nSPS) is 16.0. The molecule has 148 valence electrons. The van der Waals surface area contributed by atoms with Crippen LogP contribution in [0.5, 0.6) is 0 Å². The van der Waals surface area contributed by atoms with Gasteiger partial charge in [0.05, 0.1) is 5.75 Å². The first kappa shape index (κ1) is 19.0. The minimum atomic E-state index is -3.33. The Labute approximate surface area is 165 Å². The summed E-state index contributed by atoms with van der Waals surface area (Å²) in [4.78, 5) is 6.68. The molecule has 6 nitrogen and oxygen atoms in total. The van der Waals surface area contributed by atoms with Gasteiger partial charge in [0, 0.05) is 19.6 Å². The van der Waals surface area contributed by atoms with Gasteiger partial charge in [-0.15, -0.1) is 0 Å². The predicted molar refractivity (Wildman–Crippen MR) is 111 cm³/mol. The van der Waals surface area contributed by atoms with Crippen molar-refractivity contribution in [2.75, 3.05) is 24.5 Å².